The molecular formula is C17H17N3OS. The van der Waals surface area contributed by atoms with Crippen molar-refractivity contribution in [2.45, 2.75) is 18.9 Å². The van der Waals surface area contributed by atoms with E-state index in [4.69, 9.17) is 0 Å². The number of nitrogens with one attached hydrogen (secondary N) is 2. The number of likely N-dealkylation sites (tertiary alicyclic amines) is 1. The number of carbonyl (C=O) groups is 1. The molecule has 4 rings (SSSR count). The molecule has 1 aliphatic rings. The predicted octanol–water partition coefficient (Wildman–Crippen LogP) is 4.60. The summed E-state index contributed by atoms with van der Waals surface area (Å²) >= 11 is 1.68. The number of H-pyrrole nitrogens is 1. The van der Waals surface area contributed by atoms with Crippen molar-refractivity contribution >= 4 is 34.0 Å². The second-order valence-corrected chi connectivity index (χ2v) is 6.40. The predicted molar refractivity (Wildman–Crippen MR) is 90.3 cm³/mol. The molecule has 3 aromatic rings. The van der Waals surface area contributed by atoms with Crippen LogP contribution in [0.5, 0.6) is 0 Å². The number of thiophene rings is 1. The molecule has 0 saturated carbocycles. The summed E-state index contributed by atoms with van der Waals surface area (Å²) in [5, 5.41) is 8.35. The molecule has 3 heterocycles. The molecule has 2 aromatic heterocycles. The van der Waals surface area contributed by atoms with Crippen LogP contribution < -0.4 is 5.32 Å². The maximum absolute atomic E-state index is 12.6. The third-order valence-electron chi connectivity index (χ3n) is 4.25. The van der Waals surface area contributed by atoms with E-state index < -0.39 is 0 Å². The molecule has 0 radical (unpaired) electrons. The smallest absolute Gasteiger partial charge is 0.322 e. The molecule has 1 aliphatic heterocycles. The minimum Gasteiger partial charge on any atom is -0.361 e. The molecule has 2 N–H and O–H groups in total. The van der Waals surface area contributed by atoms with Crippen LogP contribution in [0, 0.1) is 0 Å². The highest BCUT2D eigenvalue weighted by Gasteiger charge is 2.30. The summed E-state index contributed by atoms with van der Waals surface area (Å²) in [7, 11) is 0. The Labute approximate surface area is 132 Å². The maximum Gasteiger partial charge on any atom is 0.322 e. The molecule has 22 heavy (non-hydrogen) atoms. The van der Waals surface area contributed by atoms with Crippen LogP contribution in [0.3, 0.4) is 0 Å². The number of benzene rings is 1. The van der Waals surface area contributed by atoms with E-state index in [1.807, 2.05) is 35.4 Å². The first-order valence-corrected chi connectivity index (χ1v) is 8.42. The van der Waals surface area contributed by atoms with Gasteiger partial charge in [0.25, 0.3) is 0 Å². The van der Waals surface area contributed by atoms with Gasteiger partial charge in [-0.3, -0.25) is 0 Å². The monoisotopic (exact) mass is 311 g/mol. The number of anilines is 1. The van der Waals surface area contributed by atoms with Gasteiger partial charge in [0, 0.05) is 29.3 Å². The minimum atomic E-state index is -0.0106. The summed E-state index contributed by atoms with van der Waals surface area (Å²) < 4.78 is 0. The summed E-state index contributed by atoms with van der Waals surface area (Å²) in [5.41, 5.74) is 3.17. The lowest BCUT2D eigenvalue weighted by atomic mass is 10.1. The lowest BCUT2D eigenvalue weighted by Gasteiger charge is -2.24. The number of urea groups is 1. The maximum atomic E-state index is 12.6. The van der Waals surface area contributed by atoms with Crippen LogP contribution in [0.1, 0.15) is 24.4 Å². The van der Waals surface area contributed by atoms with Gasteiger partial charge in [-0.1, -0.05) is 0 Å². The summed E-state index contributed by atoms with van der Waals surface area (Å²) in [6.07, 6.45) is 4.01. The molecule has 0 unspecified atom stereocenters. The third-order valence-corrected chi connectivity index (χ3v) is 4.95. The number of nitrogens with zero attached hydrogens (tertiary/aromatic N) is 1. The van der Waals surface area contributed by atoms with Gasteiger partial charge in [0.15, 0.2) is 0 Å². The average Bonchev–Trinajstić information content (AvgIpc) is 3.26. The topological polar surface area (TPSA) is 48.1 Å². The first kappa shape index (κ1) is 13.4. The minimum absolute atomic E-state index is 0.0106. The van der Waals surface area contributed by atoms with Gasteiger partial charge < -0.3 is 15.2 Å². The SMILES string of the molecule is O=C(Nc1ccc2[nH]ccc2c1)N1CCC[C@H]1c1ccsc1. The van der Waals surface area contributed by atoms with Crippen molar-refractivity contribution in [3.63, 3.8) is 0 Å². The third kappa shape index (κ3) is 2.37. The largest absolute Gasteiger partial charge is 0.361 e. The van der Waals surface area contributed by atoms with E-state index in [2.05, 4.69) is 27.1 Å². The Morgan fingerprint density at radius 3 is 3.14 bits per heavy atom. The van der Waals surface area contributed by atoms with Crippen LogP contribution in [0.4, 0.5) is 10.5 Å². The Morgan fingerprint density at radius 1 is 1.32 bits per heavy atom. The van der Waals surface area contributed by atoms with Crippen molar-refractivity contribution in [1.82, 2.24) is 9.88 Å². The van der Waals surface area contributed by atoms with Crippen LogP contribution in [-0.2, 0) is 0 Å². The van der Waals surface area contributed by atoms with Gasteiger partial charge in [0.05, 0.1) is 6.04 Å². The fraction of sp³-hybridized carbons (Fsp3) is 0.235. The number of hydrogen-bond acceptors (Lipinski definition) is 2. The summed E-state index contributed by atoms with van der Waals surface area (Å²) in [6.45, 7) is 0.818. The van der Waals surface area contributed by atoms with E-state index in [1.54, 1.807) is 11.3 Å². The second kappa shape index (κ2) is 5.50. The van der Waals surface area contributed by atoms with Crippen molar-refractivity contribution in [2.75, 3.05) is 11.9 Å². The number of aromatic nitrogens is 1. The van der Waals surface area contributed by atoms with E-state index in [0.29, 0.717) is 0 Å². The number of hydrogen-bond donors (Lipinski definition) is 2. The zero-order valence-electron chi connectivity index (χ0n) is 12.1. The molecule has 5 heteroatoms. The number of aromatic amines is 1. The van der Waals surface area contributed by atoms with E-state index in [0.717, 1.165) is 36.0 Å². The highest BCUT2D eigenvalue weighted by atomic mass is 32.1. The Hall–Kier alpha value is -2.27. The van der Waals surface area contributed by atoms with E-state index in [9.17, 15) is 4.79 Å². The molecule has 1 atom stereocenters. The first-order chi connectivity index (χ1) is 10.8. The van der Waals surface area contributed by atoms with Crippen molar-refractivity contribution < 1.29 is 4.79 Å². The van der Waals surface area contributed by atoms with Gasteiger partial charge in [-0.15, -0.1) is 0 Å². The Kier molecular flexibility index (Phi) is 3.35. The molecule has 4 nitrogen and oxygen atoms in total. The highest BCUT2D eigenvalue weighted by Crippen LogP contribution is 2.33. The molecule has 1 saturated heterocycles. The Bertz CT molecular complexity index is 793. The van der Waals surface area contributed by atoms with Crippen LogP contribution in [0.2, 0.25) is 0 Å². The quantitative estimate of drug-likeness (QED) is 0.714. The van der Waals surface area contributed by atoms with Gasteiger partial charge >= 0.3 is 6.03 Å². The van der Waals surface area contributed by atoms with Crippen LogP contribution in [0.15, 0.2) is 47.3 Å². The van der Waals surface area contributed by atoms with Gasteiger partial charge in [-0.2, -0.15) is 11.3 Å². The molecular weight excluding hydrogens is 294 g/mol. The first-order valence-electron chi connectivity index (χ1n) is 7.48. The summed E-state index contributed by atoms with van der Waals surface area (Å²) in [4.78, 5) is 17.7. The zero-order valence-corrected chi connectivity index (χ0v) is 12.9. The second-order valence-electron chi connectivity index (χ2n) is 5.62. The molecule has 1 aromatic carbocycles. The number of amides is 2. The average molecular weight is 311 g/mol. The van der Waals surface area contributed by atoms with Crippen molar-refractivity contribution in [1.29, 1.82) is 0 Å². The molecule has 1 fully saturated rings. The fourth-order valence-electron chi connectivity index (χ4n) is 3.15. The van der Waals surface area contributed by atoms with Crippen molar-refractivity contribution in [2.24, 2.45) is 0 Å². The molecule has 0 bridgehead atoms. The normalized spacial score (nSPS) is 18.0. The lowest BCUT2D eigenvalue weighted by molar-refractivity contribution is 0.207. The van der Waals surface area contributed by atoms with Crippen molar-refractivity contribution in [3.05, 3.63) is 52.9 Å². The van der Waals surface area contributed by atoms with Crippen LogP contribution >= 0.6 is 11.3 Å². The standard InChI is InChI=1S/C17H17N3OS/c21-17(19-14-3-4-15-12(10-14)5-7-18-15)20-8-1-2-16(20)13-6-9-22-11-13/h3-7,9-11,16,18H,1-2,8H2,(H,19,21)/t16-/m0/s1. The zero-order chi connectivity index (χ0) is 14.9. The molecule has 2 amide bonds. The lowest BCUT2D eigenvalue weighted by Crippen LogP contribution is -2.34. The van der Waals surface area contributed by atoms with E-state index in [-0.39, 0.29) is 12.1 Å². The van der Waals surface area contributed by atoms with E-state index >= 15 is 0 Å². The van der Waals surface area contributed by atoms with Gasteiger partial charge in [-0.25, -0.2) is 4.79 Å². The Balaban J connectivity index is 1.53. The molecule has 112 valence electrons. The van der Waals surface area contributed by atoms with E-state index in [1.165, 1.54) is 5.56 Å². The number of rotatable bonds is 2. The molecule has 0 aliphatic carbocycles. The van der Waals surface area contributed by atoms with Crippen LogP contribution in [-0.4, -0.2) is 22.5 Å². The highest BCUT2D eigenvalue weighted by molar-refractivity contribution is 7.08. The molecule has 0 spiro atoms. The summed E-state index contributed by atoms with van der Waals surface area (Å²) in [6, 6.07) is 10.3. The Morgan fingerprint density at radius 2 is 2.27 bits per heavy atom. The summed E-state index contributed by atoms with van der Waals surface area (Å²) in [5.74, 6) is 0. The van der Waals surface area contributed by atoms with Gasteiger partial charge in [0.2, 0.25) is 0 Å². The fourth-order valence-corrected chi connectivity index (χ4v) is 3.85. The number of fused-ring (bicyclic) bond motifs is 1. The number of carbonyl (C=O) groups excluding carboxylic acids is 1. The van der Waals surface area contributed by atoms with Gasteiger partial charge in [0.1, 0.15) is 0 Å². The van der Waals surface area contributed by atoms with Crippen molar-refractivity contribution in [3.8, 4) is 0 Å². The van der Waals surface area contributed by atoms with Gasteiger partial charge in [-0.05, 0) is 59.5 Å². The van der Waals surface area contributed by atoms with Crippen LogP contribution in [0.25, 0.3) is 10.9 Å².